The van der Waals surface area contributed by atoms with E-state index >= 15 is 0 Å². The summed E-state index contributed by atoms with van der Waals surface area (Å²) in [6.45, 7) is 1.84. The first-order valence-electron chi connectivity index (χ1n) is 7.27. The normalized spacial score (nSPS) is 10.5. The minimum Gasteiger partial charge on any atom is -0.493 e. The highest BCUT2D eigenvalue weighted by Gasteiger charge is 2.14. The third-order valence-corrected chi connectivity index (χ3v) is 3.37. The van der Waals surface area contributed by atoms with Crippen LogP contribution in [0.25, 0.3) is 6.08 Å². The van der Waals surface area contributed by atoms with E-state index in [2.05, 4.69) is 4.74 Å². The van der Waals surface area contributed by atoms with Gasteiger partial charge in [0.1, 0.15) is 0 Å². The summed E-state index contributed by atoms with van der Waals surface area (Å²) in [5.74, 6) is -0.210. The van der Waals surface area contributed by atoms with Crippen molar-refractivity contribution in [2.75, 3.05) is 14.2 Å². The average molecular weight is 326 g/mol. The largest absolute Gasteiger partial charge is 0.493 e. The SMILES string of the molecule is COC(=O)C=Cc1ccc(OC(=O)c2ccccc2C)c(OC)c1. The molecule has 0 atom stereocenters. The Morgan fingerprint density at radius 1 is 1.00 bits per heavy atom. The average Bonchev–Trinajstić information content (AvgIpc) is 2.60. The molecule has 0 aliphatic rings. The van der Waals surface area contributed by atoms with Gasteiger partial charge in [-0.15, -0.1) is 0 Å². The van der Waals surface area contributed by atoms with Crippen LogP contribution in [0, 0.1) is 6.92 Å². The van der Waals surface area contributed by atoms with E-state index in [0.717, 1.165) is 5.56 Å². The molecule has 0 spiro atoms. The maximum absolute atomic E-state index is 12.3. The zero-order valence-corrected chi connectivity index (χ0v) is 13.7. The van der Waals surface area contributed by atoms with Crippen LogP contribution in [-0.4, -0.2) is 26.2 Å². The Hall–Kier alpha value is -3.08. The lowest BCUT2D eigenvalue weighted by Gasteiger charge is -2.11. The van der Waals surface area contributed by atoms with E-state index in [-0.39, 0.29) is 0 Å². The summed E-state index contributed by atoms with van der Waals surface area (Å²) in [7, 11) is 2.79. The zero-order valence-electron chi connectivity index (χ0n) is 13.7. The minimum absolute atomic E-state index is 0.306. The van der Waals surface area contributed by atoms with Crippen molar-refractivity contribution in [2.24, 2.45) is 0 Å². The molecule has 0 unspecified atom stereocenters. The second kappa shape index (κ2) is 7.97. The molecule has 0 amide bonds. The van der Waals surface area contributed by atoms with Crippen molar-refractivity contribution >= 4 is 18.0 Å². The van der Waals surface area contributed by atoms with E-state index in [0.29, 0.717) is 22.6 Å². The quantitative estimate of drug-likeness (QED) is 0.479. The highest BCUT2D eigenvalue weighted by atomic mass is 16.6. The number of rotatable bonds is 5. The summed E-state index contributed by atoms with van der Waals surface area (Å²) >= 11 is 0. The number of ether oxygens (including phenoxy) is 3. The molecule has 2 aromatic carbocycles. The van der Waals surface area contributed by atoms with Crippen molar-refractivity contribution in [3.8, 4) is 11.5 Å². The van der Waals surface area contributed by atoms with Gasteiger partial charge in [0.15, 0.2) is 11.5 Å². The van der Waals surface area contributed by atoms with Crippen LogP contribution in [0.1, 0.15) is 21.5 Å². The molecule has 2 aromatic rings. The first-order valence-corrected chi connectivity index (χ1v) is 7.27. The van der Waals surface area contributed by atoms with Gasteiger partial charge in [-0.3, -0.25) is 0 Å². The second-order valence-electron chi connectivity index (χ2n) is 4.97. The molecule has 0 aliphatic heterocycles. The predicted molar refractivity (Wildman–Crippen MR) is 90.2 cm³/mol. The van der Waals surface area contributed by atoms with Crippen LogP contribution in [-0.2, 0) is 9.53 Å². The van der Waals surface area contributed by atoms with E-state index in [1.54, 1.807) is 36.4 Å². The fraction of sp³-hybridized carbons (Fsp3) is 0.158. The standard InChI is InChI=1S/C19H18O5/c1-13-6-4-5-7-15(13)19(21)24-16-10-8-14(12-17(16)22-2)9-11-18(20)23-3/h4-12H,1-3H3. The molecule has 5 nitrogen and oxygen atoms in total. The first-order chi connectivity index (χ1) is 11.5. The van der Waals surface area contributed by atoms with Crippen molar-refractivity contribution in [1.82, 2.24) is 0 Å². The van der Waals surface area contributed by atoms with Crippen molar-refractivity contribution in [3.63, 3.8) is 0 Å². The molecule has 0 radical (unpaired) electrons. The number of carbonyl (C=O) groups is 2. The molecule has 124 valence electrons. The Kier molecular flexibility index (Phi) is 5.73. The van der Waals surface area contributed by atoms with Crippen molar-refractivity contribution in [2.45, 2.75) is 6.92 Å². The fourth-order valence-corrected chi connectivity index (χ4v) is 2.06. The van der Waals surface area contributed by atoms with Crippen molar-refractivity contribution in [3.05, 3.63) is 65.2 Å². The van der Waals surface area contributed by atoms with Gasteiger partial charge in [-0.2, -0.15) is 0 Å². The fourth-order valence-electron chi connectivity index (χ4n) is 2.06. The highest BCUT2D eigenvalue weighted by Crippen LogP contribution is 2.29. The molecule has 0 heterocycles. The topological polar surface area (TPSA) is 61.8 Å². The number of hydrogen-bond acceptors (Lipinski definition) is 5. The van der Waals surface area contributed by atoms with Gasteiger partial charge < -0.3 is 14.2 Å². The third kappa shape index (κ3) is 4.23. The number of carbonyl (C=O) groups excluding carboxylic acids is 2. The lowest BCUT2D eigenvalue weighted by atomic mass is 10.1. The van der Waals surface area contributed by atoms with Gasteiger partial charge in [0.25, 0.3) is 0 Å². The molecule has 0 saturated carbocycles. The van der Waals surface area contributed by atoms with Crippen LogP contribution < -0.4 is 9.47 Å². The summed E-state index contributed by atoms with van der Waals surface area (Å²) in [4.78, 5) is 23.4. The van der Waals surface area contributed by atoms with Gasteiger partial charge >= 0.3 is 11.9 Å². The molecule has 0 fully saturated rings. The van der Waals surface area contributed by atoms with Gasteiger partial charge in [-0.1, -0.05) is 24.3 Å². The van der Waals surface area contributed by atoms with Gasteiger partial charge in [0, 0.05) is 6.08 Å². The zero-order chi connectivity index (χ0) is 17.5. The molecule has 24 heavy (non-hydrogen) atoms. The van der Waals surface area contributed by atoms with Crippen LogP contribution >= 0.6 is 0 Å². The molecule has 0 aliphatic carbocycles. The predicted octanol–water partition coefficient (Wildman–Crippen LogP) is 3.41. The summed E-state index contributed by atoms with van der Waals surface area (Å²) in [5.41, 5.74) is 2.04. The molecular weight excluding hydrogens is 308 g/mol. The molecule has 0 saturated heterocycles. The van der Waals surface area contributed by atoms with Crippen LogP contribution in [0.15, 0.2) is 48.5 Å². The van der Waals surface area contributed by atoms with Gasteiger partial charge in [0.05, 0.1) is 19.8 Å². The Morgan fingerprint density at radius 2 is 1.75 bits per heavy atom. The Balaban J connectivity index is 2.22. The number of hydrogen-bond donors (Lipinski definition) is 0. The molecule has 2 rings (SSSR count). The van der Waals surface area contributed by atoms with Crippen LogP contribution in [0.5, 0.6) is 11.5 Å². The monoisotopic (exact) mass is 326 g/mol. The van der Waals surface area contributed by atoms with E-state index in [4.69, 9.17) is 9.47 Å². The summed E-state index contributed by atoms with van der Waals surface area (Å²) < 4.78 is 15.2. The summed E-state index contributed by atoms with van der Waals surface area (Å²) in [5, 5.41) is 0. The van der Waals surface area contributed by atoms with Gasteiger partial charge in [0.2, 0.25) is 0 Å². The Morgan fingerprint density at radius 3 is 2.42 bits per heavy atom. The molecule has 0 N–H and O–H groups in total. The number of aryl methyl sites for hydroxylation is 1. The number of methoxy groups -OCH3 is 2. The molecular formula is C19H18O5. The lowest BCUT2D eigenvalue weighted by molar-refractivity contribution is -0.134. The number of benzene rings is 2. The van der Waals surface area contributed by atoms with Crippen molar-refractivity contribution < 1.29 is 23.8 Å². The molecule has 0 aromatic heterocycles. The van der Waals surface area contributed by atoms with Crippen LogP contribution in [0.2, 0.25) is 0 Å². The minimum atomic E-state index is -0.455. The maximum Gasteiger partial charge on any atom is 0.343 e. The lowest BCUT2D eigenvalue weighted by Crippen LogP contribution is -2.10. The Labute approximate surface area is 140 Å². The second-order valence-corrected chi connectivity index (χ2v) is 4.97. The van der Waals surface area contributed by atoms with E-state index in [9.17, 15) is 9.59 Å². The van der Waals surface area contributed by atoms with E-state index in [1.165, 1.54) is 20.3 Å². The highest BCUT2D eigenvalue weighted by molar-refractivity contribution is 5.93. The smallest absolute Gasteiger partial charge is 0.343 e. The third-order valence-electron chi connectivity index (χ3n) is 3.37. The van der Waals surface area contributed by atoms with E-state index < -0.39 is 11.9 Å². The van der Waals surface area contributed by atoms with Crippen molar-refractivity contribution in [1.29, 1.82) is 0 Å². The molecule has 5 heteroatoms. The van der Waals surface area contributed by atoms with Crippen LogP contribution in [0.3, 0.4) is 0 Å². The molecule has 0 bridgehead atoms. The maximum atomic E-state index is 12.3. The van der Waals surface area contributed by atoms with Gasteiger partial charge in [-0.25, -0.2) is 9.59 Å². The summed E-state index contributed by atoms with van der Waals surface area (Å²) in [6.07, 6.45) is 2.88. The van der Waals surface area contributed by atoms with Crippen LogP contribution in [0.4, 0.5) is 0 Å². The Bertz CT molecular complexity index is 777. The van der Waals surface area contributed by atoms with Gasteiger partial charge in [-0.05, 0) is 42.3 Å². The van der Waals surface area contributed by atoms with E-state index in [1.807, 2.05) is 19.1 Å². The first kappa shape index (κ1) is 17.3. The number of esters is 2. The summed E-state index contributed by atoms with van der Waals surface area (Å²) in [6, 6.07) is 12.2.